The number of carbonyl (C=O) groups excluding carboxylic acids is 2. The number of aromatic nitrogens is 2. The molecule has 190 valence electrons. The number of hydrogen-bond acceptors (Lipinski definition) is 12. The SMILES string of the molecule is CO[C@@]1(NC(=O)CCCC(=O)O)C(=O)N2C(C(=O)O)=C(CSc3nnc(SCC(=O)O)s3)CS[C@@H]21. The average Bonchev–Trinajstić information content (AvgIpc) is 3.26. The summed E-state index contributed by atoms with van der Waals surface area (Å²) in [6.07, 6.45) is -0.242. The molecule has 2 atom stereocenters. The second-order valence-corrected chi connectivity index (χ2v) is 11.6. The molecule has 3 rings (SSSR count). The van der Waals surface area contributed by atoms with Crippen molar-refractivity contribution in [1.82, 2.24) is 20.4 Å². The lowest BCUT2D eigenvalue weighted by atomic mass is 9.98. The van der Waals surface area contributed by atoms with Crippen LogP contribution in [0.4, 0.5) is 0 Å². The molecule has 0 aromatic carbocycles. The molecule has 0 saturated carbocycles. The standard InChI is InChI=1S/C18H20N4O9S4/c1-31-18(19-9(23)3-2-4-10(24)25)14(30)22-12(13(28)29)8(5-32-15(18)22)6-33-16-20-21-17(35-16)34-7-11(26)27/h15H,2-7H2,1H3,(H,19,23)(H,24,25)(H,26,27)(H,28,29)/t15-,18+/m1/s1. The Balaban J connectivity index is 1.69. The molecule has 35 heavy (non-hydrogen) atoms. The fourth-order valence-corrected chi connectivity index (χ4v) is 7.63. The number of rotatable bonds is 13. The zero-order chi connectivity index (χ0) is 25.8. The molecule has 2 amide bonds. The number of nitrogens with zero attached hydrogens (tertiary/aromatic N) is 3. The van der Waals surface area contributed by atoms with Crippen molar-refractivity contribution in [3.8, 4) is 0 Å². The number of fused-ring (bicyclic) bond motifs is 1. The molecule has 0 aliphatic carbocycles. The number of thioether (sulfide) groups is 3. The van der Waals surface area contributed by atoms with Crippen molar-refractivity contribution in [1.29, 1.82) is 0 Å². The van der Waals surface area contributed by atoms with Gasteiger partial charge < -0.3 is 25.4 Å². The monoisotopic (exact) mass is 564 g/mol. The maximum absolute atomic E-state index is 13.0. The smallest absolute Gasteiger partial charge is 0.352 e. The molecule has 0 radical (unpaired) electrons. The Labute approximate surface area is 215 Å². The highest BCUT2D eigenvalue weighted by atomic mass is 32.2. The van der Waals surface area contributed by atoms with Gasteiger partial charge in [-0.3, -0.25) is 24.1 Å². The molecule has 1 aromatic rings. The van der Waals surface area contributed by atoms with Crippen LogP contribution >= 0.6 is 46.6 Å². The van der Waals surface area contributed by atoms with Gasteiger partial charge in [-0.25, -0.2) is 4.79 Å². The molecule has 13 nitrogen and oxygen atoms in total. The lowest BCUT2D eigenvalue weighted by Gasteiger charge is -2.55. The minimum atomic E-state index is -1.74. The van der Waals surface area contributed by atoms with Crippen LogP contribution in [0.5, 0.6) is 0 Å². The highest BCUT2D eigenvalue weighted by Gasteiger charge is 2.66. The van der Waals surface area contributed by atoms with Gasteiger partial charge in [0.25, 0.3) is 11.6 Å². The third-order valence-electron chi connectivity index (χ3n) is 4.83. The molecule has 2 aliphatic heterocycles. The average molecular weight is 565 g/mol. The molecule has 0 unspecified atom stereocenters. The lowest BCUT2D eigenvalue weighted by molar-refractivity contribution is -0.192. The normalized spacial score (nSPS) is 21.3. The van der Waals surface area contributed by atoms with Gasteiger partial charge in [-0.2, -0.15) is 0 Å². The largest absolute Gasteiger partial charge is 0.481 e. The first-order valence-corrected chi connectivity index (χ1v) is 13.7. The van der Waals surface area contributed by atoms with E-state index in [-0.39, 0.29) is 42.2 Å². The Bertz CT molecular complexity index is 1080. The summed E-state index contributed by atoms with van der Waals surface area (Å²) in [6.45, 7) is 0. The lowest BCUT2D eigenvalue weighted by Crippen LogP contribution is -2.80. The van der Waals surface area contributed by atoms with Crippen molar-refractivity contribution in [2.24, 2.45) is 0 Å². The van der Waals surface area contributed by atoms with E-state index in [1.807, 2.05) is 0 Å². The van der Waals surface area contributed by atoms with Gasteiger partial charge in [-0.05, 0) is 12.0 Å². The predicted octanol–water partition coefficient (Wildman–Crippen LogP) is 0.775. The quantitative estimate of drug-likeness (QED) is 0.149. The van der Waals surface area contributed by atoms with Gasteiger partial charge in [0.05, 0.1) is 5.75 Å². The summed E-state index contributed by atoms with van der Waals surface area (Å²) in [5.74, 6) is -4.31. The molecule has 1 fully saturated rings. The first kappa shape index (κ1) is 27.3. The van der Waals surface area contributed by atoms with Crippen LogP contribution < -0.4 is 5.32 Å². The van der Waals surface area contributed by atoms with Gasteiger partial charge in [0, 0.05) is 31.5 Å². The Morgan fingerprint density at radius 2 is 1.83 bits per heavy atom. The minimum absolute atomic E-state index is 0.0838. The van der Waals surface area contributed by atoms with Crippen LogP contribution in [0.25, 0.3) is 0 Å². The first-order chi connectivity index (χ1) is 16.6. The molecule has 17 heteroatoms. The Hall–Kier alpha value is -2.34. The summed E-state index contributed by atoms with van der Waals surface area (Å²) in [7, 11) is 1.23. The summed E-state index contributed by atoms with van der Waals surface area (Å²) in [6, 6.07) is 0. The van der Waals surface area contributed by atoms with Crippen molar-refractivity contribution in [2.75, 3.05) is 24.4 Å². The third-order valence-corrected chi connectivity index (χ3v) is 9.47. The molecule has 0 bridgehead atoms. The van der Waals surface area contributed by atoms with E-state index in [4.69, 9.17) is 14.9 Å². The fraction of sp³-hybridized carbons (Fsp3) is 0.500. The van der Waals surface area contributed by atoms with Crippen LogP contribution in [-0.2, 0) is 28.7 Å². The number of carbonyl (C=O) groups is 5. The van der Waals surface area contributed by atoms with Crippen LogP contribution in [-0.4, -0.2) is 95.6 Å². The Kier molecular flexibility index (Phi) is 9.03. The summed E-state index contributed by atoms with van der Waals surface area (Å²) in [4.78, 5) is 59.8. The van der Waals surface area contributed by atoms with Crippen LogP contribution in [0.15, 0.2) is 19.9 Å². The Morgan fingerprint density at radius 1 is 1.14 bits per heavy atom. The second-order valence-electron chi connectivity index (χ2n) is 7.14. The van der Waals surface area contributed by atoms with Crippen molar-refractivity contribution >= 4 is 76.3 Å². The number of carboxylic acid groups (broad SMARTS) is 3. The van der Waals surface area contributed by atoms with E-state index in [0.717, 1.165) is 16.7 Å². The number of methoxy groups -OCH3 is 1. The molecular formula is C18H20N4O9S4. The minimum Gasteiger partial charge on any atom is -0.481 e. The molecule has 2 aliphatic rings. The number of β-lactam (4-membered cyclic amide) rings is 1. The van der Waals surface area contributed by atoms with Crippen LogP contribution in [0, 0.1) is 0 Å². The van der Waals surface area contributed by atoms with E-state index < -0.39 is 40.8 Å². The summed E-state index contributed by atoms with van der Waals surface area (Å²) in [5.41, 5.74) is -1.45. The third kappa shape index (κ3) is 6.08. The topological polar surface area (TPSA) is 196 Å². The molecule has 1 saturated heterocycles. The molecule has 4 N–H and O–H groups in total. The van der Waals surface area contributed by atoms with Crippen LogP contribution in [0.3, 0.4) is 0 Å². The molecule has 0 spiro atoms. The maximum Gasteiger partial charge on any atom is 0.352 e. The summed E-state index contributed by atoms with van der Waals surface area (Å²) in [5, 5.41) is 36.9. The van der Waals surface area contributed by atoms with Crippen molar-refractivity contribution in [3.63, 3.8) is 0 Å². The van der Waals surface area contributed by atoms with E-state index >= 15 is 0 Å². The van der Waals surface area contributed by atoms with E-state index in [1.165, 1.54) is 42.0 Å². The van der Waals surface area contributed by atoms with Gasteiger partial charge >= 0.3 is 17.9 Å². The molecular weight excluding hydrogens is 544 g/mol. The number of ether oxygens (including phenoxy) is 1. The fourth-order valence-electron chi connectivity index (χ4n) is 3.31. The van der Waals surface area contributed by atoms with E-state index in [9.17, 15) is 29.1 Å². The van der Waals surface area contributed by atoms with Gasteiger partial charge in [0.2, 0.25) is 5.91 Å². The second kappa shape index (κ2) is 11.6. The van der Waals surface area contributed by atoms with Crippen LogP contribution in [0.2, 0.25) is 0 Å². The number of nitrogens with one attached hydrogen (secondary N) is 1. The van der Waals surface area contributed by atoms with Crippen molar-refractivity contribution in [2.45, 2.75) is 39.0 Å². The number of carboxylic acids is 3. The summed E-state index contributed by atoms with van der Waals surface area (Å²) < 4.78 is 6.35. The van der Waals surface area contributed by atoms with Crippen LogP contribution in [0.1, 0.15) is 19.3 Å². The van der Waals surface area contributed by atoms with Crippen molar-refractivity contribution in [3.05, 3.63) is 11.3 Å². The Morgan fingerprint density at radius 3 is 2.43 bits per heavy atom. The van der Waals surface area contributed by atoms with E-state index in [2.05, 4.69) is 15.5 Å². The molecule has 1 aromatic heterocycles. The van der Waals surface area contributed by atoms with E-state index in [0.29, 0.717) is 14.3 Å². The maximum atomic E-state index is 13.0. The van der Waals surface area contributed by atoms with Gasteiger partial charge in [-0.1, -0.05) is 34.9 Å². The zero-order valence-corrected chi connectivity index (χ0v) is 21.4. The number of aliphatic carboxylic acids is 3. The molecule has 3 heterocycles. The highest BCUT2D eigenvalue weighted by Crippen LogP contribution is 2.47. The van der Waals surface area contributed by atoms with Crippen molar-refractivity contribution < 1.29 is 44.0 Å². The van der Waals surface area contributed by atoms with Gasteiger partial charge in [0.1, 0.15) is 11.1 Å². The zero-order valence-electron chi connectivity index (χ0n) is 18.1. The predicted molar refractivity (Wildman–Crippen MR) is 126 cm³/mol. The van der Waals surface area contributed by atoms with E-state index in [1.54, 1.807) is 0 Å². The number of amides is 2. The van der Waals surface area contributed by atoms with Gasteiger partial charge in [-0.15, -0.1) is 22.0 Å². The summed E-state index contributed by atoms with van der Waals surface area (Å²) >= 11 is 4.67. The first-order valence-electron chi connectivity index (χ1n) is 9.88. The van der Waals surface area contributed by atoms with Gasteiger partial charge in [0.15, 0.2) is 8.68 Å². The highest BCUT2D eigenvalue weighted by molar-refractivity contribution is 8.03. The number of hydrogen-bond donors (Lipinski definition) is 4.